The first-order valence-corrected chi connectivity index (χ1v) is 5.17. The van der Waals surface area contributed by atoms with Crippen molar-refractivity contribution in [2.24, 2.45) is 11.8 Å². The van der Waals surface area contributed by atoms with E-state index >= 15 is 0 Å². The van der Waals surface area contributed by atoms with E-state index < -0.39 is 0 Å². The maximum Gasteiger partial charge on any atom is 0.135 e. The molecule has 2 atom stereocenters. The van der Waals surface area contributed by atoms with Gasteiger partial charge in [-0.1, -0.05) is 20.8 Å². The van der Waals surface area contributed by atoms with Gasteiger partial charge in [-0.05, 0) is 26.3 Å². The third-order valence-corrected chi connectivity index (χ3v) is 2.44. The number of carbonyl (C=O) groups excluding carboxylic acids is 1. The van der Waals surface area contributed by atoms with E-state index in [2.05, 4.69) is 19.2 Å². The zero-order valence-electron chi connectivity index (χ0n) is 9.55. The normalized spacial score (nSPS) is 15.8. The van der Waals surface area contributed by atoms with Gasteiger partial charge in [0.25, 0.3) is 0 Å². The summed E-state index contributed by atoms with van der Waals surface area (Å²) in [5.41, 5.74) is 0. The Labute approximate surface area is 82.1 Å². The molecule has 0 radical (unpaired) electrons. The van der Waals surface area contributed by atoms with Crippen molar-refractivity contribution in [2.45, 2.75) is 46.6 Å². The topological polar surface area (TPSA) is 29.1 Å². The summed E-state index contributed by atoms with van der Waals surface area (Å²) in [7, 11) is 1.96. The van der Waals surface area contributed by atoms with Crippen LogP contribution >= 0.6 is 0 Å². The molecule has 78 valence electrons. The summed E-state index contributed by atoms with van der Waals surface area (Å²) < 4.78 is 0. The van der Waals surface area contributed by atoms with Crippen molar-refractivity contribution in [3.63, 3.8) is 0 Å². The highest BCUT2D eigenvalue weighted by Gasteiger charge is 2.13. The first-order valence-electron chi connectivity index (χ1n) is 5.17. The maximum absolute atomic E-state index is 11.4. The van der Waals surface area contributed by atoms with E-state index in [0.717, 1.165) is 12.8 Å². The molecule has 1 N–H and O–H groups in total. The third kappa shape index (κ3) is 5.81. The summed E-state index contributed by atoms with van der Waals surface area (Å²) >= 11 is 0. The van der Waals surface area contributed by atoms with Crippen molar-refractivity contribution < 1.29 is 4.79 Å². The summed E-state index contributed by atoms with van der Waals surface area (Å²) in [6.07, 6.45) is 1.80. The molecule has 0 aliphatic heterocycles. The van der Waals surface area contributed by atoms with Crippen molar-refractivity contribution in [3.05, 3.63) is 0 Å². The standard InChI is InChI=1S/C11H23NO/c1-8(2)11(13)7-9(3)6-10(4)12-5/h8-10,12H,6-7H2,1-5H3. The molecule has 0 saturated heterocycles. The van der Waals surface area contributed by atoms with Crippen LogP contribution in [-0.2, 0) is 4.79 Å². The molecule has 0 heterocycles. The molecule has 0 aromatic rings. The molecule has 0 rings (SSSR count). The van der Waals surface area contributed by atoms with Crippen LogP contribution in [0.5, 0.6) is 0 Å². The molecule has 0 fully saturated rings. The highest BCUT2D eigenvalue weighted by atomic mass is 16.1. The molecular formula is C11H23NO. The van der Waals surface area contributed by atoms with E-state index in [1.807, 2.05) is 20.9 Å². The fourth-order valence-electron chi connectivity index (χ4n) is 1.38. The van der Waals surface area contributed by atoms with Gasteiger partial charge in [0.1, 0.15) is 5.78 Å². The van der Waals surface area contributed by atoms with Gasteiger partial charge in [-0.2, -0.15) is 0 Å². The van der Waals surface area contributed by atoms with Crippen LogP contribution in [0.4, 0.5) is 0 Å². The summed E-state index contributed by atoms with van der Waals surface area (Å²) in [6.45, 7) is 8.23. The van der Waals surface area contributed by atoms with Crippen LogP contribution in [0.2, 0.25) is 0 Å². The molecule has 2 unspecified atom stereocenters. The van der Waals surface area contributed by atoms with E-state index in [-0.39, 0.29) is 5.92 Å². The lowest BCUT2D eigenvalue weighted by molar-refractivity contribution is -0.122. The van der Waals surface area contributed by atoms with Crippen molar-refractivity contribution in [1.82, 2.24) is 5.32 Å². The van der Waals surface area contributed by atoms with Gasteiger partial charge in [-0.3, -0.25) is 4.79 Å². The van der Waals surface area contributed by atoms with Gasteiger partial charge in [-0.25, -0.2) is 0 Å². The minimum absolute atomic E-state index is 0.187. The van der Waals surface area contributed by atoms with E-state index in [4.69, 9.17) is 0 Å². The Hall–Kier alpha value is -0.370. The molecule has 0 aromatic carbocycles. The maximum atomic E-state index is 11.4. The second-order valence-corrected chi connectivity index (χ2v) is 4.36. The third-order valence-electron chi connectivity index (χ3n) is 2.44. The van der Waals surface area contributed by atoms with Crippen LogP contribution in [0.3, 0.4) is 0 Å². The first-order chi connectivity index (χ1) is 5.97. The zero-order chi connectivity index (χ0) is 10.4. The van der Waals surface area contributed by atoms with Crippen molar-refractivity contribution in [2.75, 3.05) is 7.05 Å². The minimum atomic E-state index is 0.187. The second-order valence-electron chi connectivity index (χ2n) is 4.36. The number of hydrogen-bond donors (Lipinski definition) is 1. The highest BCUT2D eigenvalue weighted by molar-refractivity contribution is 5.80. The molecule has 0 aliphatic rings. The van der Waals surface area contributed by atoms with Crippen molar-refractivity contribution >= 4 is 5.78 Å². The van der Waals surface area contributed by atoms with Crippen LogP contribution in [0, 0.1) is 11.8 Å². The molecule has 13 heavy (non-hydrogen) atoms. The summed E-state index contributed by atoms with van der Waals surface area (Å²) in [5.74, 6) is 1.07. The van der Waals surface area contributed by atoms with Crippen molar-refractivity contribution in [3.8, 4) is 0 Å². The Balaban J connectivity index is 3.74. The Morgan fingerprint density at radius 1 is 1.23 bits per heavy atom. The number of nitrogens with one attached hydrogen (secondary N) is 1. The lowest BCUT2D eigenvalue weighted by atomic mass is 9.93. The lowest BCUT2D eigenvalue weighted by Crippen LogP contribution is -2.25. The summed E-state index contributed by atoms with van der Waals surface area (Å²) in [5, 5.41) is 3.19. The molecule has 2 heteroatoms. The van der Waals surface area contributed by atoms with E-state index in [0.29, 0.717) is 17.7 Å². The number of Topliss-reactive ketones (excluding diaryl/α,β-unsaturated/α-hetero) is 1. The van der Waals surface area contributed by atoms with Crippen LogP contribution in [0.15, 0.2) is 0 Å². The molecular weight excluding hydrogens is 162 g/mol. The van der Waals surface area contributed by atoms with Gasteiger partial charge < -0.3 is 5.32 Å². The smallest absolute Gasteiger partial charge is 0.135 e. The molecule has 0 amide bonds. The predicted molar refractivity (Wildman–Crippen MR) is 56.8 cm³/mol. The molecule has 0 aliphatic carbocycles. The van der Waals surface area contributed by atoms with Crippen LogP contribution in [0.25, 0.3) is 0 Å². The Morgan fingerprint density at radius 2 is 1.77 bits per heavy atom. The van der Waals surface area contributed by atoms with Crippen LogP contribution < -0.4 is 5.32 Å². The highest BCUT2D eigenvalue weighted by Crippen LogP contribution is 2.13. The lowest BCUT2D eigenvalue weighted by Gasteiger charge is -2.16. The quantitative estimate of drug-likeness (QED) is 0.687. The SMILES string of the molecule is CNC(C)CC(C)CC(=O)C(C)C. The largest absolute Gasteiger partial charge is 0.317 e. The molecule has 0 bridgehead atoms. The van der Waals surface area contributed by atoms with E-state index in [1.165, 1.54) is 0 Å². The Bertz CT molecular complexity index is 154. The van der Waals surface area contributed by atoms with Gasteiger partial charge in [0.2, 0.25) is 0 Å². The predicted octanol–water partition coefficient (Wildman–Crippen LogP) is 2.24. The molecule has 0 spiro atoms. The average Bonchev–Trinajstić information content (AvgIpc) is 2.03. The van der Waals surface area contributed by atoms with Gasteiger partial charge in [0.05, 0.1) is 0 Å². The fourth-order valence-corrected chi connectivity index (χ4v) is 1.38. The number of rotatable bonds is 6. The van der Waals surface area contributed by atoms with Gasteiger partial charge >= 0.3 is 0 Å². The second kappa shape index (κ2) is 6.14. The Morgan fingerprint density at radius 3 is 2.15 bits per heavy atom. The van der Waals surface area contributed by atoms with Crippen molar-refractivity contribution in [1.29, 1.82) is 0 Å². The van der Waals surface area contributed by atoms with Gasteiger partial charge in [0.15, 0.2) is 0 Å². The van der Waals surface area contributed by atoms with E-state index in [1.54, 1.807) is 0 Å². The Kier molecular flexibility index (Phi) is 5.97. The summed E-state index contributed by atoms with van der Waals surface area (Å²) in [6, 6.07) is 0.509. The zero-order valence-corrected chi connectivity index (χ0v) is 9.55. The number of carbonyl (C=O) groups is 1. The minimum Gasteiger partial charge on any atom is -0.317 e. The molecule has 0 saturated carbocycles. The average molecular weight is 185 g/mol. The van der Waals surface area contributed by atoms with Gasteiger partial charge in [-0.15, -0.1) is 0 Å². The first kappa shape index (κ1) is 12.6. The monoisotopic (exact) mass is 185 g/mol. The summed E-state index contributed by atoms with van der Waals surface area (Å²) in [4.78, 5) is 11.4. The van der Waals surface area contributed by atoms with Crippen LogP contribution in [-0.4, -0.2) is 18.9 Å². The molecule has 0 aromatic heterocycles. The fraction of sp³-hybridized carbons (Fsp3) is 0.909. The van der Waals surface area contributed by atoms with Gasteiger partial charge in [0, 0.05) is 18.4 Å². The molecule has 2 nitrogen and oxygen atoms in total. The van der Waals surface area contributed by atoms with E-state index in [9.17, 15) is 4.79 Å². The van der Waals surface area contributed by atoms with Crippen LogP contribution in [0.1, 0.15) is 40.5 Å². The number of hydrogen-bond acceptors (Lipinski definition) is 2. The number of ketones is 1.